The summed E-state index contributed by atoms with van der Waals surface area (Å²) in [4.78, 5) is 24.7. The first-order valence-corrected chi connectivity index (χ1v) is 8.41. The molecule has 0 saturated carbocycles. The van der Waals surface area contributed by atoms with E-state index in [2.05, 4.69) is 4.74 Å². The van der Waals surface area contributed by atoms with Crippen LogP contribution >= 0.6 is 0 Å². The number of aryl methyl sites for hydroxylation is 1. The summed E-state index contributed by atoms with van der Waals surface area (Å²) in [6, 6.07) is 7.35. The number of carbonyl (C=O) groups is 2. The number of amides is 1. The lowest BCUT2D eigenvalue weighted by atomic mass is 10.2. The molecule has 1 aliphatic rings. The summed E-state index contributed by atoms with van der Waals surface area (Å²) in [5.41, 5.74) is 1.66. The molecule has 0 radical (unpaired) electrons. The zero-order valence-electron chi connectivity index (χ0n) is 15.7. The molecule has 2 rings (SSSR count). The maximum atomic E-state index is 11.8. The first-order chi connectivity index (χ1) is 11.7. The second-order valence-electron chi connectivity index (χ2n) is 7.00. The Hall–Kier alpha value is -2.08. The van der Waals surface area contributed by atoms with Crippen molar-refractivity contribution < 1.29 is 24.2 Å². The molecular formula is C19H29NO5. The fraction of sp³-hybridized carbons (Fsp3) is 0.579. The molecule has 0 aromatic heterocycles. The molecule has 1 N–H and O–H groups in total. The van der Waals surface area contributed by atoms with Crippen molar-refractivity contribution in [1.82, 2.24) is 4.90 Å². The minimum absolute atomic E-state index is 0.139. The summed E-state index contributed by atoms with van der Waals surface area (Å²) in [5.74, 6) is -0.372. The SMILES string of the molecule is COC(=O)C1CCCN1C(=O)OC(C)(C)C.Cc1ccc(CO)cc1. The summed E-state index contributed by atoms with van der Waals surface area (Å²) in [5, 5.41) is 8.63. The Morgan fingerprint density at radius 3 is 2.32 bits per heavy atom. The van der Waals surface area contributed by atoms with Gasteiger partial charge in [0.15, 0.2) is 0 Å². The fourth-order valence-electron chi connectivity index (χ4n) is 2.38. The predicted molar refractivity (Wildman–Crippen MR) is 95.1 cm³/mol. The van der Waals surface area contributed by atoms with E-state index >= 15 is 0 Å². The van der Waals surface area contributed by atoms with Crippen LogP contribution in [0.5, 0.6) is 0 Å². The van der Waals surface area contributed by atoms with Crippen LogP contribution < -0.4 is 0 Å². The largest absolute Gasteiger partial charge is 0.467 e. The number of methoxy groups -OCH3 is 1. The fourth-order valence-corrected chi connectivity index (χ4v) is 2.38. The lowest BCUT2D eigenvalue weighted by molar-refractivity contribution is -0.145. The van der Waals surface area contributed by atoms with Crippen molar-refractivity contribution in [3.63, 3.8) is 0 Å². The number of rotatable bonds is 2. The van der Waals surface area contributed by atoms with Crippen molar-refractivity contribution in [1.29, 1.82) is 0 Å². The number of carbonyl (C=O) groups excluding carboxylic acids is 2. The summed E-state index contributed by atoms with van der Waals surface area (Å²) in [7, 11) is 1.33. The molecule has 1 aromatic rings. The average Bonchev–Trinajstić information content (AvgIpc) is 3.04. The van der Waals surface area contributed by atoms with Gasteiger partial charge in [0.25, 0.3) is 0 Å². The number of benzene rings is 1. The van der Waals surface area contributed by atoms with Crippen molar-refractivity contribution in [2.45, 2.75) is 58.8 Å². The van der Waals surface area contributed by atoms with E-state index in [0.29, 0.717) is 13.0 Å². The van der Waals surface area contributed by atoms with Gasteiger partial charge >= 0.3 is 12.1 Å². The smallest absolute Gasteiger partial charge is 0.411 e. The molecule has 1 aromatic carbocycles. The van der Waals surface area contributed by atoms with E-state index in [-0.39, 0.29) is 12.6 Å². The van der Waals surface area contributed by atoms with Gasteiger partial charge in [0.2, 0.25) is 0 Å². The average molecular weight is 351 g/mol. The van der Waals surface area contributed by atoms with Gasteiger partial charge in [-0.05, 0) is 46.1 Å². The number of hydrogen-bond donors (Lipinski definition) is 1. The second kappa shape index (κ2) is 9.42. The van der Waals surface area contributed by atoms with Crippen molar-refractivity contribution in [3.8, 4) is 0 Å². The third-order valence-electron chi connectivity index (χ3n) is 3.66. The molecule has 6 nitrogen and oxygen atoms in total. The van der Waals surface area contributed by atoms with Crippen LogP contribution in [0.4, 0.5) is 4.79 Å². The van der Waals surface area contributed by atoms with E-state index in [1.807, 2.05) is 31.2 Å². The van der Waals surface area contributed by atoms with Gasteiger partial charge in [-0.2, -0.15) is 0 Å². The number of aliphatic hydroxyl groups is 1. The number of nitrogens with zero attached hydrogens (tertiary/aromatic N) is 1. The first-order valence-electron chi connectivity index (χ1n) is 8.41. The third-order valence-corrected chi connectivity index (χ3v) is 3.66. The van der Waals surface area contributed by atoms with E-state index in [0.717, 1.165) is 12.0 Å². The van der Waals surface area contributed by atoms with Crippen LogP contribution in [0.1, 0.15) is 44.7 Å². The Bertz CT molecular complexity index is 562. The summed E-state index contributed by atoms with van der Waals surface area (Å²) in [6.07, 6.45) is 1.01. The second-order valence-corrected chi connectivity index (χ2v) is 7.00. The van der Waals surface area contributed by atoms with Gasteiger partial charge < -0.3 is 14.6 Å². The van der Waals surface area contributed by atoms with Crippen LogP contribution in [0.15, 0.2) is 24.3 Å². The van der Waals surface area contributed by atoms with Crippen LogP contribution in [0.3, 0.4) is 0 Å². The monoisotopic (exact) mass is 351 g/mol. The number of aliphatic hydroxyl groups excluding tert-OH is 1. The molecule has 6 heteroatoms. The van der Waals surface area contributed by atoms with E-state index in [4.69, 9.17) is 9.84 Å². The van der Waals surface area contributed by atoms with Crippen molar-refractivity contribution in [2.75, 3.05) is 13.7 Å². The summed E-state index contributed by atoms with van der Waals surface area (Å²) < 4.78 is 9.88. The minimum atomic E-state index is -0.541. The Morgan fingerprint density at radius 1 is 1.24 bits per heavy atom. The van der Waals surface area contributed by atoms with Crippen LogP contribution in [0.25, 0.3) is 0 Å². The van der Waals surface area contributed by atoms with E-state index in [9.17, 15) is 9.59 Å². The lowest BCUT2D eigenvalue weighted by Crippen LogP contribution is -2.43. The number of esters is 1. The number of ether oxygens (including phenoxy) is 2. The predicted octanol–water partition coefficient (Wildman–Crippen LogP) is 3.05. The lowest BCUT2D eigenvalue weighted by Gasteiger charge is -2.27. The van der Waals surface area contributed by atoms with Crippen molar-refractivity contribution in [2.24, 2.45) is 0 Å². The molecule has 0 aliphatic carbocycles. The highest BCUT2D eigenvalue weighted by Gasteiger charge is 2.37. The Morgan fingerprint density at radius 2 is 1.84 bits per heavy atom. The van der Waals surface area contributed by atoms with Gasteiger partial charge in [0.1, 0.15) is 11.6 Å². The van der Waals surface area contributed by atoms with Gasteiger partial charge in [0, 0.05) is 6.54 Å². The molecule has 0 bridgehead atoms. The number of hydrogen-bond acceptors (Lipinski definition) is 5. The molecule has 1 unspecified atom stereocenters. The molecule has 1 atom stereocenters. The van der Waals surface area contributed by atoms with Crippen LogP contribution in [-0.4, -0.2) is 47.4 Å². The highest BCUT2D eigenvalue weighted by atomic mass is 16.6. The number of likely N-dealkylation sites (tertiary alicyclic amines) is 1. The minimum Gasteiger partial charge on any atom is -0.467 e. The molecule has 1 aliphatic heterocycles. The maximum Gasteiger partial charge on any atom is 0.411 e. The topological polar surface area (TPSA) is 76.1 Å². The molecule has 140 valence electrons. The van der Waals surface area contributed by atoms with Crippen molar-refractivity contribution >= 4 is 12.1 Å². The van der Waals surface area contributed by atoms with Crippen molar-refractivity contribution in [3.05, 3.63) is 35.4 Å². The van der Waals surface area contributed by atoms with Gasteiger partial charge in [-0.3, -0.25) is 4.90 Å². The Labute approximate surface area is 149 Å². The van der Waals surface area contributed by atoms with E-state index < -0.39 is 17.7 Å². The third kappa shape index (κ3) is 7.13. The molecule has 1 heterocycles. The molecule has 1 fully saturated rings. The summed E-state index contributed by atoms with van der Waals surface area (Å²) >= 11 is 0. The zero-order chi connectivity index (χ0) is 19.0. The highest BCUT2D eigenvalue weighted by Crippen LogP contribution is 2.21. The maximum absolute atomic E-state index is 11.8. The van der Waals surface area contributed by atoms with Gasteiger partial charge in [-0.1, -0.05) is 29.8 Å². The molecule has 25 heavy (non-hydrogen) atoms. The first kappa shape index (κ1) is 21.0. The Kier molecular flexibility index (Phi) is 7.90. The Balaban J connectivity index is 0.000000293. The zero-order valence-corrected chi connectivity index (χ0v) is 15.7. The quantitative estimate of drug-likeness (QED) is 0.829. The standard InChI is InChI=1S/C11H19NO4.C8H10O/c1-11(2,3)16-10(14)12-7-5-6-8(12)9(13)15-4;1-7-2-4-8(6-9)5-3-7/h8H,5-7H2,1-4H3;2-5,9H,6H2,1H3. The van der Waals surface area contributed by atoms with E-state index in [1.165, 1.54) is 17.6 Å². The van der Waals surface area contributed by atoms with Gasteiger partial charge in [-0.15, -0.1) is 0 Å². The highest BCUT2D eigenvalue weighted by molar-refractivity contribution is 5.82. The molecular weight excluding hydrogens is 322 g/mol. The van der Waals surface area contributed by atoms with Crippen LogP contribution in [-0.2, 0) is 20.9 Å². The van der Waals surface area contributed by atoms with E-state index in [1.54, 1.807) is 20.8 Å². The molecule has 1 saturated heterocycles. The normalized spacial score (nSPS) is 16.7. The molecule has 0 spiro atoms. The van der Waals surface area contributed by atoms with Gasteiger partial charge in [-0.25, -0.2) is 9.59 Å². The summed E-state index contributed by atoms with van der Waals surface area (Å²) in [6.45, 7) is 8.12. The van der Waals surface area contributed by atoms with Crippen LogP contribution in [0.2, 0.25) is 0 Å². The molecule has 1 amide bonds. The van der Waals surface area contributed by atoms with Crippen LogP contribution in [0, 0.1) is 6.92 Å². The van der Waals surface area contributed by atoms with Gasteiger partial charge in [0.05, 0.1) is 13.7 Å².